The second-order valence-electron chi connectivity index (χ2n) is 3.09. The van der Waals surface area contributed by atoms with Crippen molar-refractivity contribution in [3.8, 4) is 11.6 Å². The van der Waals surface area contributed by atoms with Crippen LogP contribution in [0.4, 0.5) is 0 Å². The summed E-state index contributed by atoms with van der Waals surface area (Å²) in [4.78, 5) is 11.6. The van der Waals surface area contributed by atoms with Gasteiger partial charge in [0.15, 0.2) is 17.2 Å². The van der Waals surface area contributed by atoms with Crippen molar-refractivity contribution >= 4 is 27.1 Å². The van der Waals surface area contributed by atoms with E-state index in [-0.39, 0.29) is 0 Å². The number of imidazole rings is 1. The third-order valence-corrected chi connectivity index (χ3v) is 2.49. The molecule has 0 fully saturated rings. The first-order chi connectivity index (χ1) is 7.33. The lowest BCUT2D eigenvalue weighted by Crippen LogP contribution is -1.75. The number of hydrogen-bond donors (Lipinski definition) is 1. The number of pyridine rings is 1. The number of hydrogen-bond acceptors (Lipinski definition) is 3. The summed E-state index contributed by atoms with van der Waals surface area (Å²) in [5, 5.41) is 0. The molecule has 74 valence electrons. The van der Waals surface area contributed by atoms with Gasteiger partial charge < -0.3 is 9.40 Å². The van der Waals surface area contributed by atoms with Gasteiger partial charge in [-0.25, -0.2) is 9.97 Å². The van der Waals surface area contributed by atoms with Crippen molar-refractivity contribution in [1.82, 2.24) is 15.0 Å². The fourth-order valence-corrected chi connectivity index (χ4v) is 1.74. The zero-order chi connectivity index (χ0) is 10.3. The van der Waals surface area contributed by atoms with Crippen LogP contribution in [0.1, 0.15) is 0 Å². The minimum absolute atomic E-state index is 0.685. The predicted molar refractivity (Wildman–Crippen MR) is 59.3 cm³/mol. The largest absolute Gasteiger partial charge is 0.461 e. The van der Waals surface area contributed by atoms with Crippen molar-refractivity contribution in [3.63, 3.8) is 0 Å². The Bertz CT molecular complexity index is 600. The topological polar surface area (TPSA) is 54.7 Å². The highest BCUT2D eigenvalue weighted by Crippen LogP contribution is 2.21. The van der Waals surface area contributed by atoms with Crippen LogP contribution in [0, 0.1) is 0 Å². The summed E-state index contributed by atoms with van der Waals surface area (Å²) in [6.45, 7) is 0. The average Bonchev–Trinajstić information content (AvgIpc) is 2.84. The smallest absolute Gasteiger partial charge is 0.178 e. The van der Waals surface area contributed by atoms with Gasteiger partial charge in [0.05, 0.1) is 11.8 Å². The van der Waals surface area contributed by atoms with Crippen LogP contribution in [0.25, 0.3) is 22.7 Å². The lowest BCUT2D eigenvalue weighted by molar-refractivity contribution is 0.578. The molecule has 0 saturated carbocycles. The van der Waals surface area contributed by atoms with E-state index in [9.17, 15) is 0 Å². The molecule has 0 aliphatic rings. The van der Waals surface area contributed by atoms with Crippen LogP contribution in [0.5, 0.6) is 0 Å². The molecule has 0 amide bonds. The van der Waals surface area contributed by atoms with Crippen molar-refractivity contribution in [2.24, 2.45) is 0 Å². The molecule has 3 rings (SSSR count). The van der Waals surface area contributed by atoms with Crippen LogP contribution < -0.4 is 0 Å². The van der Waals surface area contributed by atoms with Crippen molar-refractivity contribution in [1.29, 1.82) is 0 Å². The Morgan fingerprint density at radius 2 is 2.33 bits per heavy atom. The number of aromatic nitrogens is 3. The molecule has 15 heavy (non-hydrogen) atoms. The number of furan rings is 1. The summed E-state index contributed by atoms with van der Waals surface area (Å²) in [5.41, 5.74) is 1.57. The zero-order valence-corrected chi connectivity index (χ0v) is 9.15. The van der Waals surface area contributed by atoms with Crippen LogP contribution in [-0.4, -0.2) is 15.0 Å². The van der Waals surface area contributed by atoms with Gasteiger partial charge in [0.2, 0.25) is 0 Å². The lowest BCUT2D eigenvalue weighted by atomic mass is 10.4. The Morgan fingerprint density at radius 1 is 1.40 bits per heavy atom. The standard InChI is InChI=1S/C10H6BrN3O/c11-6-4-7-9(12-5-6)14-10(13-7)8-2-1-3-15-8/h1-5H,(H,12,13,14). The highest BCUT2D eigenvalue weighted by atomic mass is 79.9. The van der Waals surface area contributed by atoms with E-state index in [2.05, 4.69) is 30.9 Å². The molecular weight excluding hydrogens is 258 g/mol. The van der Waals surface area contributed by atoms with Gasteiger partial charge in [-0.05, 0) is 34.1 Å². The minimum atomic E-state index is 0.685. The first-order valence-corrected chi connectivity index (χ1v) is 5.17. The highest BCUT2D eigenvalue weighted by Gasteiger charge is 2.07. The van der Waals surface area contributed by atoms with Crippen molar-refractivity contribution < 1.29 is 4.42 Å². The van der Waals surface area contributed by atoms with Crippen molar-refractivity contribution in [2.75, 3.05) is 0 Å². The van der Waals surface area contributed by atoms with Crippen molar-refractivity contribution in [3.05, 3.63) is 35.1 Å². The first-order valence-electron chi connectivity index (χ1n) is 4.38. The fraction of sp³-hybridized carbons (Fsp3) is 0. The van der Waals surface area contributed by atoms with Crippen LogP contribution >= 0.6 is 15.9 Å². The molecule has 5 heteroatoms. The number of aromatic amines is 1. The Balaban J connectivity index is 2.22. The van der Waals surface area contributed by atoms with E-state index < -0.39 is 0 Å². The van der Waals surface area contributed by atoms with E-state index in [4.69, 9.17) is 4.42 Å². The molecule has 4 nitrogen and oxygen atoms in total. The minimum Gasteiger partial charge on any atom is -0.461 e. The van der Waals surface area contributed by atoms with E-state index >= 15 is 0 Å². The maximum Gasteiger partial charge on any atom is 0.178 e. The summed E-state index contributed by atoms with van der Waals surface area (Å²) in [7, 11) is 0. The van der Waals surface area contributed by atoms with Gasteiger partial charge in [0.25, 0.3) is 0 Å². The van der Waals surface area contributed by atoms with E-state index in [1.807, 2.05) is 18.2 Å². The molecule has 0 spiro atoms. The number of fused-ring (bicyclic) bond motifs is 1. The van der Waals surface area contributed by atoms with Gasteiger partial charge >= 0.3 is 0 Å². The van der Waals surface area contributed by atoms with Gasteiger partial charge in [-0.3, -0.25) is 0 Å². The molecule has 3 aromatic rings. The molecule has 0 saturated heterocycles. The Hall–Kier alpha value is -1.62. The molecule has 0 aromatic carbocycles. The number of rotatable bonds is 1. The highest BCUT2D eigenvalue weighted by molar-refractivity contribution is 9.10. The van der Waals surface area contributed by atoms with E-state index in [0.29, 0.717) is 17.2 Å². The van der Waals surface area contributed by atoms with Gasteiger partial charge in [-0.2, -0.15) is 0 Å². The van der Waals surface area contributed by atoms with Gasteiger partial charge in [0, 0.05) is 10.7 Å². The van der Waals surface area contributed by atoms with Crippen LogP contribution in [-0.2, 0) is 0 Å². The monoisotopic (exact) mass is 263 g/mol. The molecule has 0 radical (unpaired) electrons. The van der Waals surface area contributed by atoms with Crippen LogP contribution in [0.2, 0.25) is 0 Å². The second kappa shape index (κ2) is 3.20. The molecule has 0 atom stereocenters. The molecule has 0 unspecified atom stereocenters. The molecular formula is C10H6BrN3O. The number of nitrogens with one attached hydrogen (secondary N) is 1. The molecule has 0 aliphatic heterocycles. The number of halogens is 1. The summed E-state index contributed by atoms with van der Waals surface area (Å²) in [6.07, 6.45) is 3.33. The van der Waals surface area contributed by atoms with Crippen LogP contribution in [0.15, 0.2) is 39.5 Å². The third kappa shape index (κ3) is 1.45. The molecule has 3 heterocycles. The quantitative estimate of drug-likeness (QED) is 0.735. The maximum absolute atomic E-state index is 5.25. The summed E-state index contributed by atoms with van der Waals surface area (Å²) < 4.78 is 6.17. The molecule has 0 aliphatic carbocycles. The normalized spacial score (nSPS) is 11.0. The Morgan fingerprint density at radius 3 is 3.13 bits per heavy atom. The molecule has 1 N–H and O–H groups in total. The summed E-state index contributed by atoms with van der Waals surface area (Å²) >= 11 is 3.36. The summed E-state index contributed by atoms with van der Waals surface area (Å²) in [6, 6.07) is 5.61. The van der Waals surface area contributed by atoms with Crippen LogP contribution in [0.3, 0.4) is 0 Å². The van der Waals surface area contributed by atoms with Gasteiger partial charge in [0.1, 0.15) is 0 Å². The maximum atomic E-state index is 5.25. The predicted octanol–water partition coefficient (Wildman–Crippen LogP) is 2.98. The van der Waals surface area contributed by atoms with E-state index in [1.165, 1.54) is 0 Å². The van der Waals surface area contributed by atoms with Crippen molar-refractivity contribution in [2.45, 2.75) is 0 Å². The third-order valence-electron chi connectivity index (χ3n) is 2.06. The molecule has 0 bridgehead atoms. The first kappa shape index (κ1) is 8.67. The Kier molecular flexibility index (Phi) is 1.85. The average molecular weight is 264 g/mol. The van der Waals surface area contributed by atoms with E-state index in [1.54, 1.807) is 12.5 Å². The summed E-state index contributed by atoms with van der Waals surface area (Å²) in [5.74, 6) is 1.41. The van der Waals surface area contributed by atoms with E-state index in [0.717, 1.165) is 9.99 Å². The zero-order valence-electron chi connectivity index (χ0n) is 7.57. The lowest BCUT2D eigenvalue weighted by Gasteiger charge is -1.87. The van der Waals surface area contributed by atoms with Gasteiger partial charge in [-0.1, -0.05) is 0 Å². The number of H-pyrrole nitrogens is 1. The molecule has 3 aromatic heterocycles. The fourth-order valence-electron chi connectivity index (χ4n) is 1.40. The second-order valence-corrected chi connectivity index (χ2v) is 4.00. The van der Waals surface area contributed by atoms with Gasteiger partial charge in [-0.15, -0.1) is 0 Å². The number of nitrogens with zero attached hydrogens (tertiary/aromatic N) is 2. The Labute approximate surface area is 93.5 Å². The SMILES string of the molecule is Brc1cnc2nc(-c3ccco3)[nH]c2c1.